The minimum atomic E-state index is -4.27. The van der Waals surface area contributed by atoms with Crippen LogP contribution in [0, 0.1) is 6.92 Å². The number of nitrogens with zero attached hydrogens (tertiary/aromatic N) is 2. The molecular weight excluding hydrogens is 593 g/mol. The summed E-state index contributed by atoms with van der Waals surface area (Å²) in [7, 11) is -4.27. The molecule has 2 amide bonds. The summed E-state index contributed by atoms with van der Waals surface area (Å²) in [5.41, 5.74) is 1.08. The van der Waals surface area contributed by atoms with E-state index in [1.807, 2.05) is 27.7 Å². The Morgan fingerprint density at radius 2 is 1.48 bits per heavy atom. The van der Waals surface area contributed by atoms with Crippen LogP contribution in [0.25, 0.3) is 0 Å². The van der Waals surface area contributed by atoms with E-state index < -0.39 is 34.1 Å². The minimum absolute atomic E-state index is 0.0234. The van der Waals surface area contributed by atoms with E-state index >= 15 is 0 Å². The third kappa shape index (κ3) is 8.13. The highest BCUT2D eigenvalue weighted by molar-refractivity contribution is 7.92. The number of amides is 2. The number of sulfonamides is 1. The van der Waals surface area contributed by atoms with Crippen LogP contribution in [0.5, 0.6) is 0 Å². The lowest BCUT2D eigenvalue weighted by Gasteiger charge is -2.33. The van der Waals surface area contributed by atoms with Crippen LogP contribution in [0.2, 0.25) is 15.1 Å². The van der Waals surface area contributed by atoms with Gasteiger partial charge in [0.15, 0.2) is 0 Å². The fourth-order valence-corrected chi connectivity index (χ4v) is 5.86. The van der Waals surface area contributed by atoms with Crippen LogP contribution >= 0.6 is 34.8 Å². The quantitative estimate of drug-likeness (QED) is 0.295. The van der Waals surface area contributed by atoms with Gasteiger partial charge >= 0.3 is 0 Å². The molecule has 3 rings (SSSR count). The van der Waals surface area contributed by atoms with E-state index in [1.165, 1.54) is 35.2 Å². The number of aryl methyl sites for hydroxylation is 1. The maximum absolute atomic E-state index is 14.0. The number of anilines is 1. The van der Waals surface area contributed by atoms with Gasteiger partial charge < -0.3 is 10.2 Å². The molecule has 0 heterocycles. The Kier molecular flexibility index (Phi) is 10.2. The van der Waals surface area contributed by atoms with E-state index in [0.29, 0.717) is 10.6 Å². The van der Waals surface area contributed by atoms with Crippen LogP contribution in [0.3, 0.4) is 0 Å². The van der Waals surface area contributed by atoms with Gasteiger partial charge in [-0.1, -0.05) is 64.6 Å². The van der Waals surface area contributed by atoms with Crippen molar-refractivity contribution in [2.45, 2.75) is 57.6 Å². The Labute approximate surface area is 251 Å². The van der Waals surface area contributed by atoms with Crippen LogP contribution in [-0.4, -0.2) is 43.3 Å². The Morgan fingerprint density at radius 1 is 0.900 bits per heavy atom. The van der Waals surface area contributed by atoms with Gasteiger partial charge in [-0.3, -0.25) is 13.9 Å². The van der Waals surface area contributed by atoms with Crippen LogP contribution in [0.4, 0.5) is 5.69 Å². The zero-order chi connectivity index (χ0) is 29.8. The summed E-state index contributed by atoms with van der Waals surface area (Å²) in [6, 6.07) is 16.6. The first-order chi connectivity index (χ1) is 18.6. The van der Waals surface area contributed by atoms with Crippen molar-refractivity contribution in [3.05, 3.63) is 92.9 Å². The van der Waals surface area contributed by atoms with E-state index in [0.717, 1.165) is 9.87 Å². The van der Waals surface area contributed by atoms with Gasteiger partial charge in [0.05, 0.1) is 15.6 Å². The molecule has 1 N–H and O–H groups in total. The van der Waals surface area contributed by atoms with E-state index in [4.69, 9.17) is 34.8 Å². The minimum Gasteiger partial charge on any atom is -0.350 e. The SMILES string of the molecule is Cc1ccc(S(=O)(=O)N(CC(=O)N(Cc2ccc(Cl)cc2)[C@@H](C)C(=O)NC(C)(C)C)c2cc(Cl)ccc2Cl)cc1. The molecule has 0 fully saturated rings. The number of rotatable bonds is 9. The Balaban J connectivity index is 2.08. The standard InChI is InChI=1S/C29H32Cl3N3O4S/c1-19-6-13-24(14-7-19)40(38,39)35(26-16-23(31)12-15-25(26)32)18-27(36)34(17-21-8-10-22(30)11-9-21)20(2)28(37)33-29(3,4)5/h6-16,20H,17-18H2,1-5H3,(H,33,37)/t20-/m0/s1. The molecule has 11 heteroatoms. The zero-order valence-electron chi connectivity index (χ0n) is 22.9. The van der Waals surface area contributed by atoms with Crippen molar-refractivity contribution in [2.24, 2.45) is 0 Å². The number of hydrogen-bond acceptors (Lipinski definition) is 4. The first-order valence-corrected chi connectivity index (χ1v) is 15.1. The predicted molar refractivity (Wildman–Crippen MR) is 162 cm³/mol. The van der Waals surface area contributed by atoms with Crippen molar-refractivity contribution in [3.8, 4) is 0 Å². The number of halogens is 3. The van der Waals surface area contributed by atoms with Crippen molar-refractivity contribution >= 4 is 62.3 Å². The van der Waals surface area contributed by atoms with Crippen molar-refractivity contribution in [2.75, 3.05) is 10.8 Å². The first-order valence-electron chi connectivity index (χ1n) is 12.5. The third-order valence-corrected chi connectivity index (χ3v) is 8.58. The maximum Gasteiger partial charge on any atom is 0.264 e. The summed E-state index contributed by atoms with van der Waals surface area (Å²) in [4.78, 5) is 28.4. The van der Waals surface area contributed by atoms with Crippen molar-refractivity contribution in [1.82, 2.24) is 10.2 Å². The normalized spacial score (nSPS) is 12.5. The molecule has 3 aromatic rings. The van der Waals surface area contributed by atoms with Crippen LogP contribution in [0.1, 0.15) is 38.8 Å². The molecule has 0 bridgehead atoms. The lowest BCUT2D eigenvalue weighted by molar-refractivity contribution is -0.140. The Hall–Kier alpha value is -2.78. The highest BCUT2D eigenvalue weighted by atomic mass is 35.5. The number of carbonyl (C=O) groups excluding carboxylic acids is 2. The largest absolute Gasteiger partial charge is 0.350 e. The number of hydrogen-bond donors (Lipinski definition) is 1. The van der Waals surface area contributed by atoms with Gasteiger partial charge in [-0.2, -0.15) is 0 Å². The molecule has 0 spiro atoms. The fourth-order valence-electron chi connectivity index (χ4n) is 3.87. The summed E-state index contributed by atoms with van der Waals surface area (Å²) in [6.45, 7) is 8.34. The Bertz CT molecular complexity index is 1470. The highest BCUT2D eigenvalue weighted by Crippen LogP contribution is 2.33. The first kappa shape index (κ1) is 31.7. The van der Waals surface area contributed by atoms with Crippen molar-refractivity contribution < 1.29 is 18.0 Å². The maximum atomic E-state index is 14.0. The number of carbonyl (C=O) groups is 2. The number of nitrogens with one attached hydrogen (secondary N) is 1. The lowest BCUT2D eigenvalue weighted by atomic mass is 10.1. The van der Waals surface area contributed by atoms with Crippen molar-refractivity contribution in [3.63, 3.8) is 0 Å². The second-order valence-electron chi connectivity index (χ2n) is 10.5. The molecule has 0 saturated heterocycles. The highest BCUT2D eigenvalue weighted by Gasteiger charge is 2.34. The fraction of sp³-hybridized carbons (Fsp3) is 0.310. The molecule has 0 aliphatic rings. The van der Waals surface area contributed by atoms with Gasteiger partial charge in [0.1, 0.15) is 12.6 Å². The number of benzene rings is 3. The topological polar surface area (TPSA) is 86.8 Å². The molecule has 0 saturated carbocycles. The molecule has 0 aromatic heterocycles. The molecule has 0 radical (unpaired) electrons. The third-order valence-electron chi connectivity index (χ3n) is 6.00. The molecule has 1 atom stereocenters. The second-order valence-corrected chi connectivity index (χ2v) is 13.6. The van der Waals surface area contributed by atoms with Crippen LogP contribution in [-0.2, 0) is 26.2 Å². The van der Waals surface area contributed by atoms with Gasteiger partial charge in [-0.05, 0) is 82.6 Å². The molecule has 0 aliphatic heterocycles. The average molecular weight is 625 g/mol. The Morgan fingerprint density at radius 3 is 2.05 bits per heavy atom. The zero-order valence-corrected chi connectivity index (χ0v) is 26.0. The summed E-state index contributed by atoms with van der Waals surface area (Å²) in [5.74, 6) is -0.998. The van der Waals surface area contributed by atoms with E-state index in [9.17, 15) is 18.0 Å². The van der Waals surface area contributed by atoms with Crippen LogP contribution < -0.4 is 9.62 Å². The van der Waals surface area contributed by atoms with Gasteiger partial charge in [-0.25, -0.2) is 8.42 Å². The predicted octanol–water partition coefficient (Wildman–Crippen LogP) is 6.48. The summed E-state index contributed by atoms with van der Waals surface area (Å²) >= 11 is 18.7. The van der Waals surface area contributed by atoms with E-state index in [2.05, 4.69) is 5.32 Å². The summed E-state index contributed by atoms with van der Waals surface area (Å²) < 4.78 is 28.8. The molecular formula is C29H32Cl3N3O4S. The van der Waals surface area contributed by atoms with Gasteiger partial charge in [-0.15, -0.1) is 0 Å². The van der Waals surface area contributed by atoms with E-state index in [-0.39, 0.29) is 33.1 Å². The van der Waals surface area contributed by atoms with Crippen molar-refractivity contribution in [1.29, 1.82) is 0 Å². The van der Waals surface area contributed by atoms with Gasteiger partial charge in [0.25, 0.3) is 10.0 Å². The summed E-state index contributed by atoms with van der Waals surface area (Å²) in [5, 5.41) is 3.74. The van der Waals surface area contributed by atoms with Gasteiger partial charge in [0, 0.05) is 22.1 Å². The van der Waals surface area contributed by atoms with E-state index in [1.54, 1.807) is 43.3 Å². The molecule has 214 valence electrons. The second kappa shape index (κ2) is 12.8. The monoisotopic (exact) mass is 623 g/mol. The molecule has 7 nitrogen and oxygen atoms in total. The molecule has 3 aromatic carbocycles. The van der Waals surface area contributed by atoms with Crippen LogP contribution in [0.15, 0.2) is 71.6 Å². The molecule has 0 aliphatic carbocycles. The summed E-state index contributed by atoms with van der Waals surface area (Å²) in [6.07, 6.45) is 0. The van der Waals surface area contributed by atoms with Gasteiger partial charge in [0.2, 0.25) is 11.8 Å². The molecule has 40 heavy (non-hydrogen) atoms. The lowest BCUT2D eigenvalue weighted by Crippen LogP contribution is -2.54. The average Bonchev–Trinajstić information content (AvgIpc) is 2.87. The smallest absolute Gasteiger partial charge is 0.264 e. The molecule has 0 unspecified atom stereocenters.